The fourth-order valence-electron chi connectivity index (χ4n) is 4.42. The van der Waals surface area contributed by atoms with Gasteiger partial charge >= 0.3 is 0 Å². The van der Waals surface area contributed by atoms with E-state index >= 15 is 0 Å². The van der Waals surface area contributed by atoms with Gasteiger partial charge in [0, 0.05) is 59.7 Å². The highest BCUT2D eigenvalue weighted by atomic mass is 35.5. The largest absolute Gasteiger partial charge is 0.497 e. The Morgan fingerprint density at radius 1 is 1.08 bits per heavy atom. The van der Waals surface area contributed by atoms with Gasteiger partial charge in [-0.05, 0) is 45.0 Å². The molecular weight excluding hydrogens is 506 g/mol. The summed E-state index contributed by atoms with van der Waals surface area (Å²) in [6.07, 6.45) is 1.87. The van der Waals surface area contributed by atoms with Crippen molar-refractivity contribution in [3.63, 3.8) is 0 Å². The van der Waals surface area contributed by atoms with Crippen molar-refractivity contribution in [2.45, 2.75) is 32.9 Å². The van der Waals surface area contributed by atoms with Gasteiger partial charge in [0.2, 0.25) is 0 Å². The average molecular weight is 536 g/mol. The fourth-order valence-corrected chi connectivity index (χ4v) is 4.64. The molecule has 2 aromatic heterocycles. The molecule has 0 unspecified atom stereocenters. The van der Waals surface area contributed by atoms with Crippen molar-refractivity contribution in [3.8, 4) is 45.5 Å². The molecule has 5 rings (SSSR count). The topological polar surface area (TPSA) is 83.6 Å². The predicted octanol–water partition coefficient (Wildman–Crippen LogP) is 5.37. The van der Waals surface area contributed by atoms with Crippen LogP contribution in [-0.4, -0.2) is 57.2 Å². The lowest BCUT2D eigenvalue weighted by molar-refractivity contribution is 0.0646. The molecule has 0 atom stereocenters. The van der Waals surface area contributed by atoms with Crippen LogP contribution in [0.15, 0.2) is 42.6 Å². The Labute approximate surface area is 226 Å². The molecule has 1 aliphatic heterocycles. The third kappa shape index (κ3) is 4.36. The van der Waals surface area contributed by atoms with Crippen molar-refractivity contribution in [1.29, 1.82) is 0 Å². The van der Waals surface area contributed by atoms with E-state index in [1.165, 1.54) is 0 Å². The van der Waals surface area contributed by atoms with E-state index in [1.807, 2.05) is 58.3 Å². The molecule has 0 fully saturated rings. The van der Waals surface area contributed by atoms with Crippen LogP contribution in [0.25, 0.3) is 28.2 Å². The molecule has 0 spiro atoms. The van der Waals surface area contributed by atoms with Gasteiger partial charge in [-0.2, -0.15) is 10.2 Å². The SMILES string of the molecule is COc1cc(Cl)cc(-n2nc(C(=O)N(C)C(C)(C)C)c3c2-c2cc(-c4ccn(C)n4)c(OC)cc2OC3)c1. The standard InChI is InChI=1S/C28H30ClN5O4/c1-28(2,3)33(5)27(35)25-21-15-38-24-14-23(37-7)19(22-8-9-32(4)30-22)13-20(24)26(21)34(31-25)17-10-16(29)11-18(12-17)36-6/h8-14H,15H2,1-7H3. The van der Waals surface area contributed by atoms with Gasteiger partial charge in [0.25, 0.3) is 5.91 Å². The number of aromatic nitrogens is 4. The second-order valence-corrected chi connectivity index (χ2v) is 10.6. The molecule has 1 amide bonds. The lowest BCUT2D eigenvalue weighted by Crippen LogP contribution is -2.43. The number of halogens is 1. The molecule has 3 heterocycles. The number of amides is 1. The van der Waals surface area contributed by atoms with Crippen LogP contribution in [0.5, 0.6) is 17.2 Å². The molecule has 0 saturated heterocycles. The van der Waals surface area contributed by atoms with Gasteiger partial charge in [0.15, 0.2) is 5.69 Å². The van der Waals surface area contributed by atoms with Crippen molar-refractivity contribution >= 4 is 17.5 Å². The van der Waals surface area contributed by atoms with Gasteiger partial charge in [-0.1, -0.05) is 11.6 Å². The summed E-state index contributed by atoms with van der Waals surface area (Å²) < 4.78 is 20.8. The summed E-state index contributed by atoms with van der Waals surface area (Å²) in [5.74, 6) is 1.62. The van der Waals surface area contributed by atoms with E-state index in [0.29, 0.717) is 39.2 Å². The quantitative estimate of drug-likeness (QED) is 0.341. The van der Waals surface area contributed by atoms with Crippen LogP contribution in [0.3, 0.4) is 0 Å². The van der Waals surface area contributed by atoms with Crippen molar-refractivity contribution < 1.29 is 19.0 Å². The molecule has 0 N–H and O–H groups in total. The third-order valence-electron chi connectivity index (χ3n) is 6.75. The summed E-state index contributed by atoms with van der Waals surface area (Å²) in [6.45, 7) is 6.11. The first-order valence-electron chi connectivity index (χ1n) is 12.1. The molecule has 9 nitrogen and oxygen atoms in total. The highest BCUT2D eigenvalue weighted by Crippen LogP contribution is 2.46. The molecule has 0 radical (unpaired) electrons. The lowest BCUT2D eigenvalue weighted by Gasteiger charge is -2.31. The highest BCUT2D eigenvalue weighted by molar-refractivity contribution is 6.30. The number of hydrogen-bond acceptors (Lipinski definition) is 6. The Kier molecular flexibility index (Phi) is 6.35. The Morgan fingerprint density at radius 2 is 1.84 bits per heavy atom. The van der Waals surface area contributed by atoms with E-state index < -0.39 is 5.54 Å². The van der Waals surface area contributed by atoms with Gasteiger partial charge in [0.05, 0.1) is 31.3 Å². The van der Waals surface area contributed by atoms with Crippen LogP contribution in [0, 0.1) is 0 Å². The summed E-state index contributed by atoms with van der Waals surface area (Å²) in [4.78, 5) is 15.4. The number of benzene rings is 2. The van der Waals surface area contributed by atoms with Gasteiger partial charge in [-0.3, -0.25) is 9.48 Å². The summed E-state index contributed by atoms with van der Waals surface area (Å²) in [7, 11) is 6.83. The minimum atomic E-state index is -0.403. The average Bonchev–Trinajstić information content (AvgIpc) is 3.50. The molecule has 0 saturated carbocycles. The van der Waals surface area contributed by atoms with Crippen molar-refractivity contribution in [1.82, 2.24) is 24.5 Å². The first-order valence-corrected chi connectivity index (χ1v) is 12.5. The Hall–Kier alpha value is -3.98. The summed E-state index contributed by atoms with van der Waals surface area (Å²) in [5.41, 5.74) is 4.30. The van der Waals surface area contributed by atoms with Crippen LogP contribution >= 0.6 is 11.6 Å². The lowest BCUT2D eigenvalue weighted by atomic mass is 9.97. The summed E-state index contributed by atoms with van der Waals surface area (Å²) >= 11 is 6.44. The second kappa shape index (κ2) is 9.40. The minimum absolute atomic E-state index is 0.172. The Morgan fingerprint density at radius 3 is 2.47 bits per heavy atom. The molecule has 1 aliphatic rings. The van der Waals surface area contributed by atoms with E-state index in [2.05, 4.69) is 5.10 Å². The van der Waals surface area contributed by atoms with E-state index in [0.717, 1.165) is 22.5 Å². The first-order chi connectivity index (χ1) is 18.0. The third-order valence-corrected chi connectivity index (χ3v) is 6.97. The van der Waals surface area contributed by atoms with E-state index in [-0.39, 0.29) is 12.5 Å². The zero-order chi connectivity index (χ0) is 27.4. The van der Waals surface area contributed by atoms with E-state index in [4.69, 9.17) is 30.9 Å². The van der Waals surface area contributed by atoms with Crippen LogP contribution < -0.4 is 14.2 Å². The van der Waals surface area contributed by atoms with Crippen LogP contribution in [0.4, 0.5) is 0 Å². The Balaban J connectivity index is 1.79. The smallest absolute Gasteiger partial charge is 0.274 e. The summed E-state index contributed by atoms with van der Waals surface area (Å²) in [6, 6.07) is 11.1. The Bertz CT molecular complexity index is 1550. The summed E-state index contributed by atoms with van der Waals surface area (Å²) in [5, 5.41) is 9.90. The zero-order valence-electron chi connectivity index (χ0n) is 22.5. The van der Waals surface area contributed by atoms with Crippen LogP contribution in [0.1, 0.15) is 36.8 Å². The number of fused-ring (bicyclic) bond motifs is 3. The number of carbonyl (C=O) groups excluding carboxylic acids is 1. The highest BCUT2D eigenvalue weighted by Gasteiger charge is 2.35. The second-order valence-electron chi connectivity index (χ2n) is 10.2. The van der Waals surface area contributed by atoms with Gasteiger partial charge in [-0.25, -0.2) is 4.68 Å². The van der Waals surface area contributed by atoms with Gasteiger partial charge in [0.1, 0.15) is 23.9 Å². The van der Waals surface area contributed by atoms with Crippen molar-refractivity contribution in [2.75, 3.05) is 21.3 Å². The number of methoxy groups -OCH3 is 2. The molecule has 4 aromatic rings. The number of carbonyl (C=O) groups is 1. The number of ether oxygens (including phenoxy) is 3. The molecule has 0 bridgehead atoms. The maximum absolute atomic E-state index is 13.7. The molecule has 38 heavy (non-hydrogen) atoms. The first kappa shape index (κ1) is 25.7. The van der Waals surface area contributed by atoms with Crippen LogP contribution in [-0.2, 0) is 13.7 Å². The molecule has 0 aliphatic carbocycles. The zero-order valence-corrected chi connectivity index (χ0v) is 23.3. The maximum Gasteiger partial charge on any atom is 0.274 e. The van der Waals surface area contributed by atoms with E-state index in [1.54, 1.807) is 47.7 Å². The van der Waals surface area contributed by atoms with Gasteiger partial charge in [-0.15, -0.1) is 0 Å². The fraction of sp³-hybridized carbons (Fsp3) is 0.321. The van der Waals surface area contributed by atoms with Crippen molar-refractivity contribution in [2.24, 2.45) is 7.05 Å². The molecular formula is C28H30ClN5O4. The van der Waals surface area contributed by atoms with Crippen LogP contribution in [0.2, 0.25) is 5.02 Å². The van der Waals surface area contributed by atoms with Crippen molar-refractivity contribution in [3.05, 3.63) is 58.9 Å². The molecule has 10 heteroatoms. The normalized spacial score (nSPS) is 12.4. The van der Waals surface area contributed by atoms with Gasteiger partial charge < -0.3 is 19.1 Å². The van der Waals surface area contributed by atoms with E-state index in [9.17, 15) is 4.79 Å². The molecule has 198 valence electrons. The maximum atomic E-state index is 13.7. The molecule has 2 aromatic carbocycles. The monoisotopic (exact) mass is 535 g/mol. The number of aryl methyl sites for hydroxylation is 1. The minimum Gasteiger partial charge on any atom is -0.497 e. The predicted molar refractivity (Wildman–Crippen MR) is 145 cm³/mol. The number of hydrogen-bond donors (Lipinski definition) is 0. The number of rotatable bonds is 5. The number of nitrogens with zero attached hydrogens (tertiary/aromatic N) is 5.